The molecule has 2 aromatic carbocycles. The molecule has 1 aliphatic rings. The van der Waals surface area contributed by atoms with Gasteiger partial charge in [-0.25, -0.2) is 0 Å². The standard InChI is InChI=1S/C20H21NO2/c1-2-3-19-13-23-20(14-22-19)18-10-8-17(9-11-18)16-6-4-15(12-21)5-7-16/h4-11,19-20H,2-3,13-14H2,1H3. The van der Waals surface area contributed by atoms with E-state index >= 15 is 0 Å². The molecule has 2 aromatic rings. The third-order valence-corrected chi connectivity index (χ3v) is 4.21. The van der Waals surface area contributed by atoms with E-state index in [4.69, 9.17) is 14.7 Å². The molecule has 1 heterocycles. The van der Waals surface area contributed by atoms with E-state index in [2.05, 4.69) is 37.3 Å². The van der Waals surface area contributed by atoms with Crippen molar-refractivity contribution >= 4 is 0 Å². The first-order valence-electron chi connectivity index (χ1n) is 8.14. The summed E-state index contributed by atoms with van der Waals surface area (Å²) in [5.41, 5.74) is 4.08. The van der Waals surface area contributed by atoms with Gasteiger partial charge in [0.05, 0.1) is 31.0 Å². The van der Waals surface area contributed by atoms with Crippen molar-refractivity contribution in [1.29, 1.82) is 5.26 Å². The zero-order valence-electron chi connectivity index (χ0n) is 13.4. The Labute approximate surface area is 137 Å². The fraction of sp³-hybridized carbons (Fsp3) is 0.350. The molecule has 0 radical (unpaired) electrons. The maximum Gasteiger partial charge on any atom is 0.106 e. The van der Waals surface area contributed by atoms with Gasteiger partial charge in [-0.1, -0.05) is 49.7 Å². The van der Waals surface area contributed by atoms with Gasteiger partial charge < -0.3 is 9.47 Å². The Kier molecular flexibility index (Phi) is 5.07. The highest BCUT2D eigenvalue weighted by molar-refractivity contribution is 5.64. The Balaban J connectivity index is 1.66. The minimum atomic E-state index is 0.0260. The van der Waals surface area contributed by atoms with Crippen LogP contribution in [0.15, 0.2) is 48.5 Å². The lowest BCUT2D eigenvalue weighted by molar-refractivity contribution is -0.137. The molecule has 3 heteroatoms. The number of hydrogen-bond donors (Lipinski definition) is 0. The molecular weight excluding hydrogens is 286 g/mol. The van der Waals surface area contributed by atoms with Gasteiger partial charge in [-0.3, -0.25) is 0 Å². The fourth-order valence-electron chi connectivity index (χ4n) is 2.85. The molecule has 1 fully saturated rings. The van der Waals surface area contributed by atoms with Crippen LogP contribution in [0, 0.1) is 11.3 Å². The highest BCUT2D eigenvalue weighted by Gasteiger charge is 2.22. The molecule has 1 aliphatic heterocycles. The molecule has 0 N–H and O–H groups in total. The maximum absolute atomic E-state index is 8.86. The SMILES string of the molecule is CCCC1COC(c2ccc(-c3ccc(C#N)cc3)cc2)CO1. The first kappa shape index (κ1) is 15.7. The summed E-state index contributed by atoms with van der Waals surface area (Å²) in [6, 6.07) is 18.2. The van der Waals surface area contributed by atoms with Crippen molar-refractivity contribution < 1.29 is 9.47 Å². The molecule has 0 bridgehead atoms. The van der Waals surface area contributed by atoms with Crippen LogP contribution in [0.25, 0.3) is 11.1 Å². The minimum Gasteiger partial charge on any atom is -0.373 e. The van der Waals surface area contributed by atoms with E-state index in [-0.39, 0.29) is 12.2 Å². The molecule has 0 spiro atoms. The van der Waals surface area contributed by atoms with Crippen LogP contribution in [-0.2, 0) is 9.47 Å². The van der Waals surface area contributed by atoms with Crippen molar-refractivity contribution in [3.63, 3.8) is 0 Å². The number of benzene rings is 2. The molecular formula is C20H21NO2. The second-order valence-electron chi connectivity index (χ2n) is 5.88. The quantitative estimate of drug-likeness (QED) is 0.836. The summed E-state index contributed by atoms with van der Waals surface area (Å²) in [5, 5.41) is 8.86. The first-order chi connectivity index (χ1) is 11.3. The maximum atomic E-state index is 8.86. The molecule has 0 aliphatic carbocycles. The predicted octanol–water partition coefficient (Wildman–Crippen LogP) is 4.48. The van der Waals surface area contributed by atoms with Gasteiger partial charge in [-0.2, -0.15) is 5.26 Å². The molecule has 0 amide bonds. The number of ether oxygens (including phenoxy) is 2. The van der Waals surface area contributed by atoms with Crippen molar-refractivity contribution in [2.75, 3.05) is 13.2 Å². The van der Waals surface area contributed by atoms with Crippen LogP contribution in [0.2, 0.25) is 0 Å². The molecule has 0 aromatic heterocycles. The average molecular weight is 307 g/mol. The van der Waals surface area contributed by atoms with Gasteiger partial charge in [-0.05, 0) is 35.2 Å². The summed E-state index contributed by atoms with van der Waals surface area (Å²) in [4.78, 5) is 0. The summed E-state index contributed by atoms with van der Waals surface area (Å²) >= 11 is 0. The van der Waals surface area contributed by atoms with E-state index in [1.165, 1.54) is 0 Å². The lowest BCUT2D eigenvalue weighted by Crippen LogP contribution is -2.30. The van der Waals surface area contributed by atoms with Crippen LogP contribution < -0.4 is 0 Å². The lowest BCUT2D eigenvalue weighted by atomic mass is 10.0. The van der Waals surface area contributed by atoms with Crippen LogP contribution in [-0.4, -0.2) is 19.3 Å². The highest BCUT2D eigenvalue weighted by atomic mass is 16.6. The van der Waals surface area contributed by atoms with Gasteiger partial charge >= 0.3 is 0 Å². The van der Waals surface area contributed by atoms with Crippen LogP contribution in [0.1, 0.15) is 37.0 Å². The fourth-order valence-corrected chi connectivity index (χ4v) is 2.85. The van der Waals surface area contributed by atoms with E-state index in [0.717, 1.165) is 29.5 Å². The number of nitrogens with zero attached hydrogens (tertiary/aromatic N) is 1. The summed E-state index contributed by atoms with van der Waals surface area (Å²) in [6.45, 7) is 3.47. The first-order valence-corrected chi connectivity index (χ1v) is 8.14. The van der Waals surface area contributed by atoms with Crippen LogP contribution in [0.4, 0.5) is 0 Å². The van der Waals surface area contributed by atoms with Crippen molar-refractivity contribution in [1.82, 2.24) is 0 Å². The molecule has 3 rings (SSSR count). The van der Waals surface area contributed by atoms with Gasteiger partial charge in [0.25, 0.3) is 0 Å². The Hall–Kier alpha value is -2.15. The Bertz CT molecular complexity index is 662. The number of nitriles is 1. The molecule has 1 saturated heterocycles. The zero-order valence-corrected chi connectivity index (χ0v) is 13.4. The van der Waals surface area contributed by atoms with Crippen LogP contribution in [0.3, 0.4) is 0 Å². The molecule has 118 valence electrons. The molecule has 23 heavy (non-hydrogen) atoms. The Morgan fingerprint density at radius 2 is 1.61 bits per heavy atom. The van der Waals surface area contributed by atoms with Crippen LogP contribution >= 0.6 is 0 Å². The van der Waals surface area contributed by atoms with Crippen molar-refractivity contribution in [2.24, 2.45) is 0 Å². The molecule has 2 atom stereocenters. The monoisotopic (exact) mass is 307 g/mol. The zero-order chi connectivity index (χ0) is 16.1. The summed E-state index contributed by atoms with van der Waals surface area (Å²) in [7, 11) is 0. The van der Waals surface area contributed by atoms with E-state index in [0.29, 0.717) is 18.8 Å². The molecule has 3 nitrogen and oxygen atoms in total. The predicted molar refractivity (Wildman–Crippen MR) is 89.9 cm³/mol. The van der Waals surface area contributed by atoms with E-state index in [1.54, 1.807) is 0 Å². The third-order valence-electron chi connectivity index (χ3n) is 4.21. The van der Waals surface area contributed by atoms with Gasteiger partial charge in [0, 0.05) is 0 Å². The summed E-state index contributed by atoms with van der Waals surface area (Å²) < 4.78 is 11.8. The van der Waals surface area contributed by atoms with Crippen molar-refractivity contribution in [2.45, 2.75) is 32.0 Å². The summed E-state index contributed by atoms with van der Waals surface area (Å²) in [5.74, 6) is 0. The van der Waals surface area contributed by atoms with Crippen molar-refractivity contribution in [3.05, 3.63) is 59.7 Å². The normalized spacial score (nSPS) is 20.9. The van der Waals surface area contributed by atoms with E-state index in [1.807, 2.05) is 24.3 Å². The minimum absolute atomic E-state index is 0.0260. The van der Waals surface area contributed by atoms with Gasteiger partial charge in [0.15, 0.2) is 0 Å². The second kappa shape index (κ2) is 7.41. The Morgan fingerprint density at radius 1 is 0.957 bits per heavy atom. The third kappa shape index (κ3) is 3.79. The number of hydrogen-bond acceptors (Lipinski definition) is 3. The smallest absolute Gasteiger partial charge is 0.106 e. The van der Waals surface area contributed by atoms with Gasteiger partial charge in [0.2, 0.25) is 0 Å². The highest BCUT2D eigenvalue weighted by Crippen LogP contribution is 2.27. The van der Waals surface area contributed by atoms with Crippen molar-refractivity contribution in [3.8, 4) is 17.2 Å². The number of rotatable bonds is 4. The average Bonchev–Trinajstić information content (AvgIpc) is 2.63. The van der Waals surface area contributed by atoms with Crippen LogP contribution in [0.5, 0.6) is 0 Å². The van der Waals surface area contributed by atoms with E-state index in [9.17, 15) is 0 Å². The summed E-state index contributed by atoms with van der Waals surface area (Å²) in [6.07, 6.45) is 2.45. The topological polar surface area (TPSA) is 42.2 Å². The van der Waals surface area contributed by atoms with Gasteiger partial charge in [-0.15, -0.1) is 0 Å². The molecule has 0 saturated carbocycles. The van der Waals surface area contributed by atoms with Gasteiger partial charge in [0.1, 0.15) is 6.10 Å². The van der Waals surface area contributed by atoms with E-state index < -0.39 is 0 Å². The Morgan fingerprint density at radius 3 is 2.13 bits per heavy atom. The lowest BCUT2D eigenvalue weighted by Gasteiger charge is -2.29. The molecule has 2 unspecified atom stereocenters. The second-order valence-corrected chi connectivity index (χ2v) is 5.88. The largest absolute Gasteiger partial charge is 0.373 e.